The number of hydrazine groups is 1. The number of pyridine rings is 1. The van der Waals surface area contributed by atoms with Crippen molar-refractivity contribution in [3.05, 3.63) is 52.0 Å². The van der Waals surface area contributed by atoms with Crippen LogP contribution in [0.1, 0.15) is 40.8 Å². The van der Waals surface area contributed by atoms with Crippen LogP contribution in [0.25, 0.3) is 0 Å². The second-order valence-corrected chi connectivity index (χ2v) is 8.05. The minimum absolute atomic E-state index is 0.316. The van der Waals surface area contributed by atoms with Gasteiger partial charge in [-0.05, 0) is 50.1 Å². The molecule has 2 fully saturated rings. The van der Waals surface area contributed by atoms with Gasteiger partial charge in [-0.25, -0.2) is 5.43 Å². The fraction of sp³-hybridized carbons (Fsp3) is 0.526. The van der Waals surface area contributed by atoms with E-state index in [4.69, 9.17) is 4.74 Å². The van der Waals surface area contributed by atoms with Crippen LogP contribution in [0.5, 0.6) is 0 Å². The highest BCUT2D eigenvalue weighted by molar-refractivity contribution is 7.12. The number of ether oxygens (including phenoxy) is 1. The standard InChI is InChI=1S/C19H26N4OS/c1-2-9-20-15(4-1)14-24-16-5-3-11-23(12-16)13-17-6-7-19(25-17)18-8-10-21-22-18/h1-2,4,6-7,9,16,18,21-22H,3,5,8,10-14H2. The fourth-order valence-corrected chi connectivity index (χ4v) is 4.71. The van der Waals surface area contributed by atoms with Crippen LogP contribution >= 0.6 is 11.3 Å². The van der Waals surface area contributed by atoms with Gasteiger partial charge in [0.15, 0.2) is 0 Å². The van der Waals surface area contributed by atoms with Gasteiger partial charge in [-0.15, -0.1) is 11.3 Å². The average Bonchev–Trinajstić information content (AvgIpc) is 3.33. The van der Waals surface area contributed by atoms with Crippen LogP contribution in [-0.2, 0) is 17.9 Å². The lowest BCUT2D eigenvalue weighted by Crippen LogP contribution is -2.39. The van der Waals surface area contributed by atoms with E-state index in [9.17, 15) is 0 Å². The molecule has 0 radical (unpaired) electrons. The zero-order valence-electron chi connectivity index (χ0n) is 14.5. The molecule has 2 unspecified atom stereocenters. The van der Waals surface area contributed by atoms with Crippen LogP contribution in [0.4, 0.5) is 0 Å². The molecule has 5 nitrogen and oxygen atoms in total. The molecule has 25 heavy (non-hydrogen) atoms. The van der Waals surface area contributed by atoms with Gasteiger partial charge in [-0.2, -0.15) is 0 Å². The van der Waals surface area contributed by atoms with E-state index in [0.29, 0.717) is 18.8 Å². The molecule has 4 heterocycles. The maximum Gasteiger partial charge on any atom is 0.0892 e. The van der Waals surface area contributed by atoms with Crippen LogP contribution < -0.4 is 10.9 Å². The third kappa shape index (κ3) is 4.65. The molecule has 2 atom stereocenters. The third-order valence-electron chi connectivity index (χ3n) is 4.89. The van der Waals surface area contributed by atoms with Gasteiger partial charge in [-0.1, -0.05) is 6.07 Å². The maximum absolute atomic E-state index is 6.10. The molecule has 2 aromatic rings. The largest absolute Gasteiger partial charge is 0.371 e. The van der Waals surface area contributed by atoms with Crippen LogP contribution in [0.2, 0.25) is 0 Å². The summed E-state index contributed by atoms with van der Waals surface area (Å²) >= 11 is 1.94. The van der Waals surface area contributed by atoms with E-state index < -0.39 is 0 Å². The van der Waals surface area contributed by atoms with E-state index in [1.54, 1.807) is 0 Å². The zero-order chi connectivity index (χ0) is 16.9. The summed E-state index contributed by atoms with van der Waals surface area (Å²) in [4.78, 5) is 9.77. The smallest absolute Gasteiger partial charge is 0.0892 e. The minimum atomic E-state index is 0.316. The van der Waals surface area contributed by atoms with Crippen molar-refractivity contribution in [1.82, 2.24) is 20.7 Å². The first-order chi connectivity index (χ1) is 12.4. The molecule has 0 aliphatic carbocycles. The Morgan fingerprint density at radius 3 is 3.08 bits per heavy atom. The molecular formula is C19H26N4OS. The van der Waals surface area contributed by atoms with Crippen molar-refractivity contribution in [2.24, 2.45) is 0 Å². The second kappa shape index (κ2) is 8.38. The molecule has 0 bridgehead atoms. The number of thiophene rings is 1. The Balaban J connectivity index is 1.28. The second-order valence-electron chi connectivity index (χ2n) is 6.85. The Morgan fingerprint density at radius 2 is 2.24 bits per heavy atom. The van der Waals surface area contributed by atoms with Gasteiger partial charge in [0.1, 0.15) is 0 Å². The van der Waals surface area contributed by atoms with Gasteiger partial charge in [0.25, 0.3) is 0 Å². The summed E-state index contributed by atoms with van der Waals surface area (Å²) < 4.78 is 6.10. The highest BCUT2D eigenvalue weighted by Gasteiger charge is 2.22. The minimum Gasteiger partial charge on any atom is -0.371 e. The Hall–Kier alpha value is -1.31. The molecule has 2 saturated heterocycles. The van der Waals surface area contributed by atoms with Gasteiger partial charge >= 0.3 is 0 Å². The molecule has 2 aromatic heterocycles. The van der Waals surface area contributed by atoms with Crippen LogP contribution in [0.3, 0.4) is 0 Å². The van der Waals surface area contributed by atoms with Gasteiger partial charge in [0.2, 0.25) is 0 Å². The van der Waals surface area contributed by atoms with Gasteiger partial charge in [0, 0.05) is 35.6 Å². The highest BCUT2D eigenvalue weighted by Crippen LogP contribution is 2.28. The Morgan fingerprint density at radius 1 is 1.24 bits per heavy atom. The Bertz CT molecular complexity index is 656. The van der Waals surface area contributed by atoms with E-state index in [2.05, 4.69) is 32.9 Å². The van der Waals surface area contributed by atoms with E-state index in [0.717, 1.165) is 31.7 Å². The predicted molar refractivity (Wildman–Crippen MR) is 100 cm³/mol. The van der Waals surface area contributed by atoms with Gasteiger partial charge in [-0.3, -0.25) is 15.3 Å². The highest BCUT2D eigenvalue weighted by atomic mass is 32.1. The van der Waals surface area contributed by atoms with E-state index in [1.807, 2.05) is 35.7 Å². The summed E-state index contributed by atoms with van der Waals surface area (Å²) in [5.74, 6) is 0. The van der Waals surface area contributed by atoms with Crippen LogP contribution in [-0.4, -0.2) is 35.6 Å². The van der Waals surface area contributed by atoms with E-state index in [1.165, 1.54) is 29.1 Å². The maximum atomic E-state index is 6.10. The van der Waals surface area contributed by atoms with Crippen molar-refractivity contribution in [3.63, 3.8) is 0 Å². The van der Waals surface area contributed by atoms with Gasteiger partial charge < -0.3 is 4.74 Å². The van der Waals surface area contributed by atoms with Crippen LogP contribution in [0, 0.1) is 0 Å². The van der Waals surface area contributed by atoms with Crippen molar-refractivity contribution in [3.8, 4) is 0 Å². The monoisotopic (exact) mass is 358 g/mol. The van der Waals surface area contributed by atoms with E-state index in [-0.39, 0.29) is 0 Å². The molecule has 2 aliphatic rings. The molecule has 0 amide bonds. The van der Waals surface area contributed by atoms with E-state index >= 15 is 0 Å². The van der Waals surface area contributed by atoms with Crippen molar-refractivity contribution >= 4 is 11.3 Å². The lowest BCUT2D eigenvalue weighted by atomic mass is 10.1. The first kappa shape index (κ1) is 17.1. The summed E-state index contributed by atoms with van der Waals surface area (Å²) in [6.45, 7) is 4.89. The predicted octanol–water partition coefficient (Wildman–Crippen LogP) is 2.86. The third-order valence-corrected chi connectivity index (χ3v) is 6.08. The molecule has 0 aromatic carbocycles. The molecular weight excluding hydrogens is 332 g/mol. The normalized spacial score (nSPS) is 24.6. The number of likely N-dealkylation sites (tertiary alicyclic amines) is 1. The quantitative estimate of drug-likeness (QED) is 0.832. The summed E-state index contributed by atoms with van der Waals surface area (Å²) in [5, 5.41) is 0. The SMILES string of the molecule is c1ccc(COC2CCCN(Cc3ccc(C4CCNN4)s3)C2)nc1. The number of piperidine rings is 1. The first-order valence-corrected chi connectivity index (χ1v) is 9.99. The lowest BCUT2D eigenvalue weighted by Gasteiger charge is -2.32. The average molecular weight is 359 g/mol. The van der Waals surface area contributed by atoms with Crippen molar-refractivity contribution < 1.29 is 4.74 Å². The zero-order valence-corrected chi connectivity index (χ0v) is 15.3. The number of nitrogens with zero attached hydrogens (tertiary/aromatic N) is 2. The summed E-state index contributed by atoms with van der Waals surface area (Å²) in [5.41, 5.74) is 7.58. The molecule has 0 spiro atoms. The molecule has 6 heteroatoms. The van der Waals surface area contributed by atoms with Crippen molar-refractivity contribution in [2.75, 3.05) is 19.6 Å². The van der Waals surface area contributed by atoms with Crippen LogP contribution in [0.15, 0.2) is 36.5 Å². The Kier molecular flexibility index (Phi) is 5.74. The fourth-order valence-electron chi connectivity index (χ4n) is 3.56. The summed E-state index contributed by atoms with van der Waals surface area (Å²) in [6.07, 6.45) is 5.67. The lowest BCUT2D eigenvalue weighted by molar-refractivity contribution is -0.0130. The first-order valence-electron chi connectivity index (χ1n) is 9.18. The number of rotatable bonds is 6. The molecule has 2 aliphatic heterocycles. The van der Waals surface area contributed by atoms with Gasteiger partial charge in [0.05, 0.1) is 24.4 Å². The number of hydrogen-bond donors (Lipinski definition) is 2. The van der Waals surface area contributed by atoms with Crippen molar-refractivity contribution in [1.29, 1.82) is 0 Å². The molecule has 2 N–H and O–H groups in total. The molecule has 134 valence electrons. The summed E-state index contributed by atoms with van der Waals surface area (Å²) in [6, 6.07) is 11.0. The number of hydrogen-bond acceptors (Lipinski definition) is 6. The molecule has 0 saturated carbocycles. The Labute approximate surface area is 153 Å². The van der Waals surface area contributed by atoms with Crippen molar-refractivity contribution in [2.45, 2.75) is 44.6 Å². The topological polar surface area (TPSA) is 49.4 Å². The molecule has 4 rings (SSSR count). The summed E-state index contributed by atoms with van der Waals surface area (Å²) in [7, 11) is 0. The number of nitrogens with one attached hydrogen (secondary N) is 2. The number of aromatic nitrogens is 1.